The van der Waals surface area contributed by atoms with Crippen molar-refractivity contribution in [2.24, 2.45) is 29.6 Å². The van der Waals surface area contributed by atoms with E-state index in [-0.39, 0.29) is 5.75 Å². The molecule has 0 aromatic heterocycles. The summed E-state index contributed by atoms with van der Waals surface area (Å²) in [7, 11) is 0. The fourth-order valence-electron chi connectivity index (χ4n) is 6.79. The molecule has 0 radical (unpaired) electrons. The van der Waals surface area contributed by atoms with Crippen LogP contribution in [0.5, 0.6) is 5.75 Å². The molecule has 4 heteroatoms. The molecule has 0 spiro atoms. The molecule has 0 unspecified atom stereocenters. The third kappa shape index (κ3) is 7.15. The van der Waals surface area contributed by atoms with Gasteiger partial charge in [0.2, 0.25) is 0 Å². The molecule has 3 aliphatic rings. The predicted molar refractivity (Wildman–Crippen MR) is 119 cm³/mol. The molecular weight excluding hydrogens is 397 g/mol. The highest BCUT2D eigenvalue weighted by molar-refractivity contribution is 5.27. The summed E-state index contributed by atoms with van der Waals surface area (Å²) in [6.07, 6.45) is 16.3. The lowest BCUT2D eigenvalue weighted by Gasteiger charge is -2.38. The van der Waals surface area contributed by atoms with Gasteiger partial charge in [-0.25, -0.2) is 0 Å². The maximum atomic E-state index is 12.3. The summed E-state index contributed by atoms with van der Waals surface area (Å²) in [6.45, 7) is 0. The van der Waals surface area contributed by atoms with Crippen molar-refractivity contribution < 1.29 is 17.9 Å². The first kappa shape index (κ1) is 23.0. The Morgan fingerprint density at radius 1 is 0.677 bits per heavy atom. The molecule has 3 aliphatic carbocycles. The lowest BCUT2D eigenvalue weighted by atomic mass is 9.67. The van der Waals surface area contributed by atoms with Crippen LogP contribution in [-0.2, 0) is 6.42 Å². The van der Waals surface area contributed by atoms with Crippen molar-refractivity contribution in [3.05, 3.63) is 29.8 Å². The number of aryl methyl sites for hydroxylation is 1. The van der Waals surface area contributed by atoms with E-state index in [0.717, 1.165) is 48.0 Å². The van der Waals surface area contributed by atoms with Crippen LogP contribution in [0.1, 0.15) is 95.5 Å². The summed E-state index contributed by atoms with van der Waals surface area (Å²) in [5, 5.41) is 0. The van der Waals surface area contributed by atoms with Crippen LogP contribution in [0.15, 0.2) is 24.3 Å². The van der Waals surface area contributed by atoms with Gasteiger partial charge in [0.15, 0.2) is 0 Å². The van der Waals surface area contributed by atoms with Crippen LogP contribution in [0.3, 0.4) is 0 Å². The van der Waals surface area contributed by atoms with Crippen LogP contribution in [0, 0.1) is 29.6 Å². The average Bonchev–Trinajstić information content (AvgIpc) is 3.26. The topological polar surface area (TPSA) is 9.23 Å². The summed E-state index contributed by atoms with van der Waals surface area (Å²) >= 11 is 0. The van der Waals surface area contributed by atoms with Gasteiger partial charge >= 0.3 is 6.36 Å². The quantitative estimate of drug-likeness (QED) is 0.415. The van der Waals surface area contributed by atoms with Gasteiger partial charge in [0, 0.05) is 0 Å². The summed E-state index contributed by atoms with van der Waals surface area (Å²) < 4.78 is 40.8. The molecule has 1 nitrogen and oxygen atoms in total. The number of rotatable bonds is 7. The van der Waals surface area contributed by atoms with Gasteiger partial charge < -0.3 is 4.74 Å². The van der Waals surface area contributed by atoms with E-state index in [9.17, 15) is 13.2 Å². The number of benzene rings is 1. The molecule has 0 bridgehead atoms. The Kier molecular flexibility index (Phi) is 7.87. The van der Waals surface area contributed by atoms with Crippen molar-refractivity contribution in [3.8, 4) is 5.75 Å². The number of alkyl halides is 3. The van der Waals surface area contributed by atoms with Crippen LogP contribution < -0.4 is 4.74 Å². The van der Waals surface area contributed by atoms with Gasteiger partial charge in [-0.3, -0.25) is 0 Å². The van der Waals surface area contributed by atoms with Crippen LogP contribution in [0.4, 0.5) is 13.2 Å². The van der Waals surface area contributed by atoms with Crippen molar-refractivity contribution in [1.82, 2.24) is 0 Å². The smallest absolute Gasteiger partial charge is 0.406 e. The largest absolute Gasteiger partial charge is 0.573 e. The van der Waals surface area contributed by atoms with E-state index in [1.165, 1.54) is 95.6 Å². The minimum Gasteiger partial charge on any atom is -0.406 e. The first-order chi connectivity index (χ1) is 14.9. The summed E-state index contributed by atoms with van der Waals surface area (Å²) in [5.41, 5.74) is 1.11. The Bertz CT molecular complexity index is 646. The zero-order valence-electron chi connectivity index (χ0n) is 18.8. The lowest BCUT2D eigenvalue weighted by molar-refractivity contribution is -0.274. The highest BCUT2D eigenvalue weighted by atomic mass is 19.4. The predicted octanol–water partition coefficient (Wildman–Crippen LogP) is 8.71. The molecule has 174 valence electrons. The van der Waals surface area contributed by atoms with Gasteiger partial charge in [0.25, 0.3) is 0 Å². The summed E-state index contributed by atoms with van der Waals surface area (Å²) in [5.74, 6) is 4.63. The normalized spacial score (nSPS) is 30.4. The maximum absolute atomic E-state index is 12.3. The van der Waals surface area contributed by atoms with E-state index in [1.54, 1.807) is 12.1 Å². The highest BCUT2D eigenvalue weighted by Crippen LogP contribution is 2.44. The molecule has 31 heavy (non-hydrogen) atoms. The molecule has 3 fully saturated rings. The first-order valence-electron chi connectivity index (χ1n) is 12.8. The van der Waals surface area contributed by atoms with Crippen molar-refractivity contribution >= 4 is 0 Å². The molecule has 1 aromatic carbocycles. The summed E-state index contributed by atoms with van der Waals surface area (Å²) in [6, 6.07) is 6.42. The molecule has 0 atom stereocenters. The van der Waals surface area contributed by atoms with Crippen LogP contribution >= 0.6 is 0 Å². The zero-order valence-corrected chi connectivity index (χ0v) is 18.8. The Morgan fingerprint density at radius 2 is 1.19 bits per heavy atom. The second-order valence-corrected chi connectivity index (χ2v) is 10.7. The van der Waals surface area contributed by atoms with Crippen LogP contribution in [0.25, 0.3) is 0 Å². The Balaban J connectivity index is 1.13. The zero-order chi connectivity index (χ0) is 21.7. The molecule has 3 saturated carbocycles. The Hall–Kier alpha value is -1.19. The van der Waals surface area contributed by atoms with Gasteiger partial charge in [-0.15, -0.1) is 13.2 Å². The van der Waals surface area contributed by atoms with Crippen molar-refractivity contribution in [1.29, 1.82) is 0 Å². The molecule has 1 aromatic rings. The molecular formula is C27H39F3O. The van der Waals surface area contributed by atoms with Gasteiger partial charge in [-0.2, -0.15) is 0 Å². The van der Waals surface area contributed by atoms with Gasteiger partial charge in [-0.05, 0) is 92.2 Å². The second kappa shape index (κ2) is 10.6. The van der Waals surface area contributed by atoms with E-state index in [2.05, 4.69) is 4.74 Å². The van der Waals surface area contributed by atoms with Crippen molar-refractivity contribution in [3.63, 3.8) is 0 Å². The molecule has 0 amide bonds. The van der Waals surface area contributed by atoms with Crippen molar-refractivity contribution in [2.75, 3.05) is 0 Å². The Morgan fingerprint density at radius 3 is 1.74 bits per heavy atom. The van der Waals surface area contributed by atoms with E-state index in [0.29, 0.717) is 0 Å². The molecule has 0 saturated heterocycles. The third-order valence-corrected chi connectivity index (χ3v) is 8.59. The number of ether oxygens (including phenoxy) is 1. The van der Waals surface area contributed by atoms with E-state index >= 15 is 0 Å². The van der Waals surface area contributed by atoms with E-state index < -0.39 is 6.36 Å². The molecule has 4 rings (SSSR count). The highest BCUT2D eigenvalue weighted by Gasteiger charge is 2.32. The van der Waals surface area contributed by atoms with Crippen molar-refractivity contribution in [2.45, 2.75) is 103 Å². The molecule has 0 aliphatic heterocycles. The minimum absolute atomic E-state index is 0.130. The Labute approximate surface area is 186 Å². The minimum atomic E-state index is -4.62. The number of hydrogen-bond donors (Lipinski definition) is 0. The SMILES string of the molecule is FC(F)(F)Oc1ccc(CC[C@H]2CC[C@H]([C@H]3CC[C@H](CC4CCCC4)CC3)CC2)cc1. The molecule has 0 heterocycles. The fraction of sp³-hybridized carbons (Fsp3) is 0.778. The molecule has 0 N–H and O–H groups in total. The van der Waals surface area contributed by atoms with E-state index in [1.807, 2.05) is 0 Å². The fourth-order valence-corrected chi connectivity index (χ4v) is 6.79. The monoisotopic (exact) mass is 436 g/mol. The lowest BCUT2D eigenvalue weighted by Crippen LogP contribution is -2.26. The van der Waals surface area contributed by atoms with Gasteiger partial charge in [0.05, 0.1) is 0 Å². The number of hydrogen-bond acceptors (Lipinski definition) is 1. The second-order valence-electron chi connectivity index (χ2n) is 10.7. The van der Waals surface area contributed by atoms with E-state index in [4.69, 9.17) is 0 Å². The summed E-state index contributed by atoms with van der Waals surface area (Å²) in [4.78, 5) is 0. The van der Waals surface area contributed by atoms with Gasteiger partial charge in [-0.1, -0.05) is 63.5 Å². The van der Waals surface area contributed by atoms with Gasteiger partial charge in [0.1, 0.15) is 5.75 Å². The van der Waals surface area contributed by atoms with Crippen LogP contribution in [0.2, 0.25) is 0 Å². The first-order valence-corrected chi connectivity index (χ1v) is 12.8. The average molecular weight is 437 g/mol. The maximum Gasteiger partial charge on any atom is 0.573 e. The number of halogens is 3. The van der Waals surface area contributed by atoms with Crippen LogP contribution in [-0.4, -0.2) is 6.36 Å². The standard InChI is InChI=1S/C27H39F3O/c28-27(29,30)31-26-17-11-21(12-18-26)6-5-20-7-13-24(14-8-20)25-15-9-23(10-16-25)19-22-3-1-2-4-22/h11-12,17-18,20,22-25H,1-10,13-16,19H2/t20-,23-,24-,25-. The third-order valence-electron chi connectivity index (χ3n) is 8.59.